The maximum atomic E-state index is 11.7. The van der Waals surface area contributed by atoms with E-state index in [9.17, 15) is 9.59 Å². The molecule has 1 rings (SSSR count). The summed E-state index contributed by atoms with van der Waals surface area (Å²) in [7, 11) is 0. The molecule has 0 aromatic carbocycles. The molecule has 1 heterocycles. The monoisotopic (exact) mass is 356 g/mol. The van der Waals surface area contributed by atoms with Crippen molar-refractivity contribution in [3.8, 4) is 0 Å². The number of ether oxygens (including phenoxy) is 2. The molecule has 1 atom stereocenters. The summed E-state index contributed by atoms with van der Waals surface area (Å²) >= 11 is 1.83. The summed E-state index contributed by atoms with van der Waals surface area (Å²) < 4.78 is 9.32. The molecule has 1 aliphatic heterocycles. The third kappa shape index (κ3) is 4.51. The Hall–Kier alpha value is -0.210. The lowest BCUT2D eigenvalue weighted by atomic mass is 10.1. The summed E-state index contributed by atoms with van der Waals surface area (Å²) in [6, 6.07) is 0. The van der Waals surface area contributed by atoms with E-state index in [1.54, 1.807) is 6.92 Å². The average molecular weight is 356 g/mol. The van der Waals surface area contributed by atoms with E-state index in [1.165, 1.54) is 11.8 Å². The number of carbonyl (C=O) groups is 2. The van der Waals surface area contributed by atoms with Crippen LogP contribution in [0.4, 0.5) is 0 Å². The molecule has 5 nitrogen and oxygen atoms in total. The van der Waals surface area contributed by atoms with Crippen LogP contribution >= 0.6 is 22.6 Å². The van der Waals surface area contributed by atoms with Gasteiger partial charge in [-0.2, -0.15) is 0 Å². The summed E-state index contributed by atoms with van der Waals surface area (Å²) in [5.74, 6) is -0.625. The number of hydrogen-bond acceptors (Lipinski definition) is 4. The number of hydrogen-bond donors (Lipinski definition) is 1. The Bertz CT molecular complexity index is 287. The lowest BCUT2D eigenvalue weighted by Crippen LogP contribution is -3.14. The molecule has 0 amide bonds. The van der Waals surface area contributed by atoms with E-state index in [2.05, 4.69) is 0 Å². The fourth-order valence-electron chi connectivity index (χ4n) is 1.48. The van der Waals surface area contributed by atoms with Crippen LogP contribution in [0.1, 0.15) is 13.8 Å². The molecule has 0 saturated carbocycles. The number of nitrogens with one attached hydrogen (secondary N) is 1. The molecule has 98 valence electrons. The minimum absolute atomic E-state index is 0.179. The molecule has 6 heteroatoms. The molecule has 0 spiro atoms. The second-order valence-electron chi connectivity index (χ2n) is 4.31. The number of ketones is 1. The van der Waals surface area contributed by atoms with Gasteiger partial charge in [-0.05, 0) is 13.8 Å². The van der Waals surface area contributed by atoms with E-state index in [0.717, 1.165) is 32.8 Å². The first kappa shape index (κ1) is 14.8. The van der Waals surface area contributed by atoms with Crippen molar-refractivity contribution in [2.24, 2.45) is 0 Å². The van der Waals surface area contributed by atoms with Crippen LogP contribution in [0.5, 0.6) is 0 Å². The third-order valence-corrected chi connectivity index (χ3v) is 4.13. The first-order valence-corrected chi connectivity index (χ1v) is 6.81. The second-order valence-corrected chi connectivity index (χ2v) is 6.46. The molecule has 1 unspecified atom stereocenters. The second kappa shape index (κ2) is 6.65. The fourth-order valence-corrected chi connectivity index (χ4v) is 1.63. The van der Waals surface area contributed by atoms with Crippen molar-refractivity contribution in [2.45, 2.75) is 17.3 Å². The Kier molecular flexibility index (Phi) is 5.81. The van der Waals surface area contributed by atoms with E-state index in [4.69, 9.17) is 9.47 Å². The van der Waals surface area contributed by atoms with Gasteiger partial charge in [0.2, 0.25) is 0 Å². The van der Waals surface area contributed by atoms with Gasteiger partial charge in [-0.15, -0.1) is 0 Å². The van der Waals surface area contributed by atoms with Gasteiger partial charge in [0.05, 0.1) is 13.2 Å². The van der Waals surface area contributed by atoms with Gasteiger partial charge < -0.3 is 14.4 Å². The summed E-state index contributed by atoms with van der Waals surface area (Å²) in [5.41, 5.74) is 0. The van der Waals surface area contributed by atoms with Crippen molar-refractivity contribution in [3.05, 3.63) is 0 Å². The zero-order valence-corrected chi connectivity index (χ0v) is 12.4. The predicted octanol–water partition coefficient (Wildman–Crippen LogP) is -0.773. The zero-order valence-electron chi connectivity index (χ0n) is 10.3. The van der Waals surface area contributed by atoms with Crippen molar-refractivity contribution in [1.82, 2.24) is 0 Å². The topological polar surface area (TPSA) is 57.0 Å². The van der Waals surface area contributed by atoms with Crippen LogP contribution in [0.15, 0.2) is 0 Å². The Morgan fingerprint density at radius 2 is 2.00 bits per heavy atom. The summed E-state index contributed by atoms with van der Waals surface area (Å²) in [6.07, 6.45) is 0. The standard InChI is InChI=1S/C11H18INO4/c1-9(14)11(2,12)10(15)17-8-5-13-3-6-16-7-4-13/h3-8H2,1-2H3/p+1. The molecule has 1 fully saturated rings. The van der Waals surface area contributed by atoms with Gasteiger partial charge in [-0.25, -0.2) is 0 Å². The van der Waals surface area contributed by atoms with Crippen molar-refractivity contribution < 1.29 is 24.0 Å². The number of rotatable bonds is 5. The molecule has 0 bridgehead atoms. The summed E-state index contributed by atoms with van der Waals surface area (Å²) in [4.78, 5) is 24.3. The van der Waals surface area contributed by atoms with Crippen molar-refractivity contribution >= 4 is 34.3 Å². The maximum absolute atomic E-state index is 11.7. The number of alkyl halides is 1. The third-order valence-electron chi connectivity index (χ3n) is 2.93. The van der Waals surface area contributed by atoms with Gasteiger partial charge >= 0.3 is 5.97 Å². The van der Waals surface area contributed by atoms with Crippen LogP contribution in [-0.2, 0) is 19.1 Å². The predicted molar refractivity (Wildman–Crippen MR) is 70.4 cm³/mol. The summed E-state index contributed by atoms with van der Waals surface area (Å²) in [6.45, 7) is 7.56. The molecule has 17 heavy (non-hydrogen) atoms. The lowest BCUT2D eigenvalue weighted by molar-refractivity contribution is -0.908. The molecular weight excluding hydrogens is 337 g/mol. The Labute approximate surface area is 115 Å². The Morgan fingerprint density at radius 3 is 2.53 bits per heavy atom. The van der Waals surface area contributed by atoms with E-state index >= 15 is 0 Å². The Morgan fingerprint density at radius 1 is 1.41 bits per heavy atom. The Balaban J connectivity index is 2.26. The van der Waals surface area contributed by atoms with Crippen LogP contribution in [0.25, 0.3) is 0 Å². The van der Waals surface area contributed by atoms with Gasteiger partial charge in [0.25, 0.3) is 0 Å². The molecule has 1 aliphatic rings. The van der Waals surface area contributed by atoms with Gasteiger partial charge in [0, 0.05) is 0 Å². The highest BCUT2D eigenvalue weighted by atomic mass is 127. The van der Waals surface area contributed by atoms with Crippen molar-refractivity contribution in [1.29, 1.82) is 0 Å². The molecule has 0 aromatic heterocycles. The molecule has 1 saturated heterocycles. The molecule has 0 aliphatic carbocycles. The largest absolute Gasteiger partial charge is 0.458 e. The molecule has 0 radical (unpaired) electrons. The SMILES string of the molecule is CC(=O)C(C)(I)C(=O)OCC[NH+]1CCOCC1. The zero-order chi connectivity index (χ0) is 12.9. The van der Waals surface area contributed by atoms with E-state index < -0.39 is 9.39 Å². The first-order chi connectivity index (χ1) is 7.94. The number of Topliss-reactive ketones (excluding diaryl/α,β-unsaturated/α-hetero) is 1. The van der Waals surface area contributed by atoms with Gasteiger partial charge in [0.1, 0.15) is 26.2 Å². The van der Waals surface area contributed by atoms with Gasteiger partial charge in [-0.3, -0.25) is 9.59 Å². The normalized spacial score (nSPS) is 20.6. The molecule has 1 N–H and O–H groups in total. The van der Waals surface area contributed by atoms with E-state index in [-0.39, 0.29) is 5.78 Å². The van der Waals surface area contributed by atoms with Crippen LogP contribution in [0.2, 0.25) is 0 Å². The number of carbonyl (C=O) groups excluding carboxylic acids is 2. The number of esters is 1. The van der Waals surface area contributed by atoms with E-state index in [0.29, 0.717) is 6.61 Å². The highest BCUT2D eigenvalue weighted by molar-refractivity contribution is 14.1. The van der Waals surface area contributed by atoms with Crippen LogP contribution in [0.3, 0.4) is 0 Å². The number of morpholine rings is 1. The lowest BCUT2D eigenvalue weighted by Gasteiger charge is -2.24. The minimum Gasteiger partial charge on any atom is -0.458 e. The molecule has 0 aromatic rings. The van der Waals surface area contributed by atoms with Gasteiger partial charge in [0.15, 0.2) is 9.20 Å². The highest BCUT2D eigenvalue weighted by Gasteiger charge is 2.36. The maximum Gasteiger partial charge on any atom is 0.329 e. The fraction of sp³-hybridized carbons (Fsp3) is 0.818. The van der Waals surface area contributed by atoms with E-state index in [1.807, 2.05) is 22.6 Å². The number of halogens is 1. The average Bonchev–Trinajstić information content (AvgIpc) is 2.30. The van der Waals surface area contributed by atoms with Crippen LogP contribution in [0, 0.1) is 0 Å². The van der Waals surface area contributed by atoms with Crippen molar-refractivity contribution in [2.75, 3.05) is 39.5 Å². The smallest absolute Gasteiger partial charge is 0.329 e. The molecular formula is C11H19INO4+. The number of quaternary nitrogens is 1. The summed E-state index contributed by atoms with van der Waals surface area (Å²) in [5, 5.41) is 0. The quantitative estimate of drug-likeness (QED) is 0.304. The van der Waals surface area contributed by atoms with Crippen LogP contribution in [-0.4, -0.2) is 54.6 Å². The van der Waals surface area contributed by atoms with Crippen molar-refractivity contribution in [3.63, 3.8) is 0 Å². The van der Waals surface area contributed by atoms with Crippen LogP contribution < -0.4 is 4.90 Å². The minimum atomic E-state index is -1.06. The highest BCUT2D eigenvalue weighted by Crippen LogP contribution is 2.20. The van der Waals surface area contributed by atoms with Gasteiger partial charge in [-0.1, -0.05) is 22.6 Å². The first-order valence-electron chi connectivity index (χ1n) is 5.73.